The van der Waals surface area contributed by atoms with Crippen molar-refractivity contribution in [3.05, 3.63) is 23.8 Å². The number of allylic oxidation sites excluding steroid dienone is 2. The molecule has 0 bridgehead atoms. The van der Waals surface area contributed by atoms with Crippen LogP contribution in [0, 0.1) is 12.3 Å². The van der Waals surface area contributed by atoms with Crippen molar-refractivity contribution >= 4 is 5.78 Å². The normalized spacial score (nSPS) is 24.7. The molecule has 0 amide bonds. The van der Waals surface area contributed by atoms with Crippen LogP contribution in [0.2, 0.25) is 0 Å². The van der Waals surface area contributed by atoms with Crippen molar-refractivity contribution < 1.29 is 9.53 Å². The van der Waals surface area contributed by atoms with E-state index < -0.39 is 5.54 Å². The van der Waals surface area contributed by atoms with Crippen LogP contribution in [0.5, 0.6) is 0 Å². The number of Topliss-reactive ketones (excluding diaryl/α,β-unsaturated/α-hetero) is 1. The lowest BCUT2D eigenvalue weighted by Gasteiger charge is -2.38. The van der Waals surface area contributed by atoms with E-state index >= 15 is 0 Å². The summed E-state index contributed by atoms with van der Waals surface area (Å²) in [5, 5.41) is 3.37. The summed E-state index contributed by atoms with van der Waals surface area (Å²) < 4.78 is 5.06. The number of ketones is 1. The summed E-state index contributed by atoms with van der Waals surface area (Å²) in [7, 11) is 1.65. The molecule has 0 saturated heterocycles. The van der Waals surface area contributed by atoms with Crippen LogP contribution >= 0.6 is 0 Å². The first-order valence-corrected chi connectivity index (χ1v) is 6.78. The number of carbonyl (C=O) groups excluding carboxylic acids is 1. The number of hydrogen-bond acceptors (Lipinski definition) is 3. The quantitative estimate of drug-likeness (QED) is 0.453. The molecule has 0 aromatic rings. The summed E-state index contributed by atoms with van der Waals surface area (Å²) in [5.41, 5.74) is 0.258. The molecule has 0 aromatic carbocycles. The minimum Gasteiger partial charge on any atom is -0.383 e. The van der Waals surface area contributed by atoms with Gasteiger partial charge in [-0.1, -0.05) is 24.5 Å². The van der Waals surface area contributed by atoms with E-state index in [-0.39, 0.29) is 5.78 Å². The summed E-state index contributed by atoms with van der Waals surface area (Å²) in [6.07, 6.45) is 14.4. The Morgan fingerprint density at radius 2 is 2.37 bits per heavy atom. The molecular weight excluding hydrogens is 238 g/mol. The van der Waals surface area contributed by atoms with Gasteiger partial charge in [0, 0.05) is 20.1 Å². The molecule has 104 valence electrons. The molecule has 1 rings (SSSR count). The highest BCUT2D eigenvalue weighted by Gasteiger charge is 2.41. The summed E-state index contributed by atoms with van der Waals surface area (Å²) >= 11 is 0. The third kappa shape index (κ3) is 3.79. The van der Waals surface area contributed by atoms with Crippen LogP contribution in [0.1, 0.15) is 32.6 Å². The predicted molar refractivity (Wildman–Crippen MR) is 77.8 cm³/mol. The Balaban J connectivity index is 3.05. The van der Waals surface area contributed by atoms with Crippen molar-refractivity contribution in [3.63, 3.8) is 0 Å². The van der Waals surface area contributed by atoms with Gasteiger partial charge in [-0.2, -0.15) is 0 Å². The van der Waals surface area contributed by atoms with Crippen LogP contribution in [0.4, 0.5) is 0 Å². The van der Waals surface area contributed by atoms with E-state index in [1.54, 1.807) is 13.2 Å². The van der Waals surface area contributed by atoms with Crippen molar-refractivity contribution in [3.8, 4) is 12.3 Å². The van der Waals surface area contributed by atoms with Crippen LogP contribution in [0.25, 0.3) is 0 Å². The molecule has 1 unspecified atom stereocenters. The number of nitrogens with one attached hydrogen (secondary N) is 1. The van der Waals surface area contributed by atoms with Gasteiger partial charge >= 0.3 is 0 Å². The Morgan fingerprint density at radius 1 is 1.58 bits per heavy atom. The number of carbonyl (C=O) groups is 1. The first kappa shape index (κ1) is 15.7. The van der Waals surface area contributed by atoms with E-state index in [0.29, 0.717) is 19.6 Å². The third-order valence-corrected chi connectivity index (χ3v) is 3.49. The maximum atomic E-state index is 12.5. The second-order valence-corrected chi connectivity index (χ2v) is 4.72. The highest BCUT2D eigenvalue weighted by molar-refractivity contribution is 5.93. The van der Waals surface area contributed by atoms with E-state index in [4.69, 9.17) is 11.2 Å². The van der Waals surface area contributed by atoms with E-state index in [1.807, 2.05) is 19.1 Å². The monoisotopic (exact) mass is 261 g/mol. The smallest absolute Gasteiger partial charge is 0.157 e. The lowest BCUT2D eigenvalue weighted by molar-refractivity contribution is -0.125. The maximum absolute atomic E-state index is 12.5. The molecular formula is C16H23NO2. The van der Waals surface area contributed by atoms with Gasteiger partial charge in [-0.05, 0) is 31.4 Å². The average molecular weight is 261 g/mol. The van der Waals surface area contributed by atoms with Crippen molar-refractivity contribution in [1.82, 2.24) is 5.32 Å². The Hall–Kier alpha value is -1.37. The zero-order chi connectivity index (χ0) is 14.1. The molecule has 0 radical (unpaired) electrons. The van der Waals surface area contributed by atoms with Gasteiger partial charge in [-0.3, -0.25) is 10.1 Å². The molecule has 1 aliphatic rings. The second-order valence-electron chi connectivity index (χ2n) is 4.72. The Kier molecular flexibility index (Phi) is 6.55. The fraction of sp³-hybridized carbons (Fsp3) is 0.562. The molecule has 3 nitrogen and oxygen atoms in total. The Morgan fingerprint density at radius 3 is 2.95 bits per heavy atom. The fourth-order valence-corrected chi connectivity index (χ4v) is 2.57. The second kappa shape index (κ2) is 7.93. The summed E-state index contributed by atoms with van der Waals surface area (Å²) in [4.78, 5) is 12.5. The van der Waals surface area contributed by atoms with Crippen LogP contribution < -0.4 is 5.32 Å². The molecule has 0 heterocycles. The topological polar surface area (TPSA) is 38.3 Å². The first-order chi connectivity index (χ1) is 9.21. The van der Waals surface area contributed by atoms with E-state index in [0.717, 1.165) is 24.8 Å². The molecule has 1 saturated carbocycles. The minimum atomic E-state index is -0.629. The zero-order valence-corrected chi connectivity index (χ0v) is 11.9. The summed E-state index contributed by atoms with van der Waals surface area (Å²) in [5.74, 6) is 2.78. The van der Waals surface area contributed by atoms with Gasteiger partial charge in [0.05, 0.1) is 6.61 Å². The van der Waals surface area contributed by atoms with E-state index in [9.17, 15) is 4.79 Å². The van der Waals surface area contributed by atoms with Crippen molar-refractivity contribution in [2.45, 2.75) is 38.1 Å². The number of ether oxygens (including phenoxy) is 1. The third-order valence-electron chi connectivity index (χ3n) is 3.49. The van der Waals surface area contributed by atoms with E-state index in [2.05, 4.69) is 11.2 Å². The number of rotatable bonds is 6. The minimum absolute atomic E-state index is 0.231. The average Bonchev–Trinajstić information content (AvgIpc) is 2.41. The molecule has 0 spiro atoms. The number of hydrogen-bond donors (Lipinski definition) is 1. The van der Waals surface area contributed by atoms with Gasteiger partial charge in [0.2, 0.25) is 0 Å². The molecule has 1 atom stereocenters. The van der Waals surface area contributed by atoms with Gasteiger partial charge in [-0.15, -0.1) is 6.42 Å². The number of methoxy groups -OCH3 is 1. The van der Waals surface area contributed by atoms with Gasteiger partial charge in [-0.25, -0.2) is 0 Å². The molecule has 3 heteroatoms. The van der Waals surface area contributed by atoms with Gasteiger partial charge in [0.15, 0.2) is 5.78 Å². The summed E-state index contributed by atoms with van der Waals surface area (Å²) in [6.45, 7) is 3.15. The Bertz CT molecular complexity index is 403. The van der Waals surface area contributed by atoms with Gasteiger partial charge in [0.25, 0.3) is 0 Å². The number of terminal acetylenes is 1. The van der Waals surface area contributed by atoms with Crippen LogP contribution in [0.15, 0.2) is 23.8 Å². The molecule has 0 aromatic heterocycles. The van der Waals surface area contributed by atoms with Crippen molar-refractivity contribution in [1.29, 1.82) is 0 Å². The highest BCUT2D eigenvalue weighted by Crippen LogP contribution is 2.32. The largest absolute Gasteiger partial charge is 0.383 e. The predicted octanol–water partition coefficient (Wildman–Crippen LogP) is 2.24. The lowest BCUT2D eigenvalue weighted by Crippen LogP contribution is -2.55. The van der Waals surface area contributed by atoms with Crippen molar-refractivity contribution in [2.24, 2.45) is 0 Å². The van der Waals surface area contributed by atoms with Gasteiger partial charge in [0.1, 0.15) is 5.54 Å². The van der Waals surface area contributed by atoms with E-state index in [1.165, 1.54) is 0 Å². The summed E-state index contributed by atoms with van der Waals surface area (Å²) in [6, 6.07) is 0. The van der Waals surface area contributed by atoms with Crippen LogP contribution in [-0.4, -0.2) is 31.6 Å². The molecule has 1 aliphatic carbocycles. The molecule has 1 N–H and O–H groups in total. The standard InChI is InChI=1S/C16H23NO2/c1-4-8-14(9-5-2)16(17-12-13-19-3)11-7-6-10-15(16)18/h1,5,8-9,17H,6-7,10-13H2,2-3H3/b9-5-,14-8+. The SMILES string of the molecule is C#C/C=C(\C=C/C)C1(NCCOC)CCCCC1=O. The van der Waals surface area contributed by atoms with Crippen molar-refractivity contribution in [2.75, 3.05) is 20.3 Å². The lowest BCUT2D eigenvalue weighted by atomic mass is 9.74. The van der Waals surface area contributed by atoms with Gasteiger partial charge < -0.3 is 4.74 Å². The zero-order valence-electron chi connectivity index (χ0n) is 11.9. The molecule has 1 fully saturated rings. The maximum Gasteiger partial charge on any atom is 0.157 e. The highest BCUT2D eigenvalue weighted by atomic mass is 16.5. The first-order valence-electron chi connectivity index (χ1n) is 6.78. The van der Waals surface area contributed by atoms with Crippen LogP contribution in [-0.2, 0) is 9.53 Å². The molecule has 19 heavy (non-hydrogen) atoms. The van der Waals surface area contributed by atoms with Crippen LogP contribution in [0.3, 0.4) is 0 Å². The Labute approximate surface area is 116 Å². The molecule has 0 aliphatic heterocycles. The fourth-order valence-electron chi connectivity index (χ4n) is 2.57.